The van der Waals surface area contributed by atoms with Gasteiger partial charge in [0.25, 0.3) is 0 Å². The summed E-state index contributed by atoms with van der Waals surface area (Å²) in [4.78, 5) is 4.64. The van der Waals surface area contributed by atoms with E-state index in [1.807, 2.05) is 12.3 Å². The fourth-order valence-corrected chi connectivity index (χ4v) is 11.3. The van der Waals surface area contributed by atoms with E-state index in [1.54, 1.807) is 14.2 Å². The standard InChI is InChI=1S/C35H47N2O2P.Fe.H2/c1-23-18-29(19-24(2)34(23)38-5)40(30-20-25(3)35(39-6)26(4)21-30)32-16-11-15-31(32)33(27-12-7-8-13-27)37-22-28-14-9-10-17-36-28;;/h9-10,14,17-21,27,31-33,37H,7-8,11-13,15-16,22H2,1-6H3;;1H/t31?,32?,33-;;/m1../s1. The van der Waals surface area contributed by atoms with Crippen molar-refractivity contribution in [2.45, 2.75) is 90.9 Å². The van der Waals surface area contributed by atoms with Crippen LogP contribution in [0.1, 0.15) is 74.3 Å². The molecule has 2 unspecified atom stereocenters. The molecule has 4 nitrogen and oxygen atoms in total. The molecule has 224 valence electrons. The summed E-state index contributed by atoms with van der Waals surface area (Å²) in [5, 5.41) is 7.07. The van der Waals surface area contributed by atoms with Gasteiger partial charge in [-0.3, -0.25) is 4.98 Å². The molecule has 41 heavy (non-hydrogen) atoms. The van der Waals surface area contributed by atoms with Gasteiger partial charge in [-0.25, -0.2) is 0 Å². The van der Waals surface area contributed by atoms with Crippen LogP contribution in [0.3, 0.4) is 0 Å². The Bertz CT molecular complexity index is 1200. The monoisotopic (exact) mass is 616 g/mol. The maximum Gasteiger partial charge on any atom is 0.124 e. The second kappa shape index (κ2) is 14.5. The minimum Gasteiger partial charge on any atom is -0.496 e. The van der Waals surface area contributed by atoms with Crippen molar-refractivity contribution in [3.8, 4) is 11.5 Å². The maximum absolute atomic E-state index is 5.79. The van der Waals surface area contributed by atoms with E-state index in [0.29, 0.717) is 17.6 Å². The normalized spacial score (nSPS) is 19.8. The van der Waals surface area contributed by atoms with Gasteiger partial charge in [-0.1, -0.05) is 25.3 Å². The molecule has 0 aliphatic heterocycles. The Labute approximate surface area is 261 Å². The van der Waals surface area contributed by atoms with E-state index >= 15 is 0 Å². The third-order valence-electron chi connectivity index (χ3n) is 9.33. The molecule has 2 aliphatic rings. The third kappa shape index (κ3) is 7.02. The molecule has 5 rings (SSSR count). The SMILES string of the molecule is COc1c(C)cc(P(c2cc(C)c(OC)c(C)c2)C2CCCC2[C@H](NCc2ccccn2)C2CCCC2)cc1C.[Fe].[HH]. The summed E-state index contributed by atoms with van der Waals surface area (Å²) in [6.07, 6.45) is 11.3. The van der Waals surface area contributed by atoms with E-state index in [-0.39, 0.29) is 18.5 Å². The number of ether oxygens (including phenoxy) is 2. The molecule has 2 aliphatic carbocycles. The van der Waals surface area contributed by atoms with E-state index in [9.17, 15) is 0 Å². The van der Waals surface area contributed by atoms with Crippen LogP contribution in [0.4, 0.5) is 0 Å². The van der Waals surface area contributed by atoms with Crippen LogP contribution < -0.4 is 25.4 Å². The van der Waals surface area contributed by atoms with Crippen molar-refractivity contribution < 1.29 is 28.0 Å². The first-order valence-electron chi connectivity index (χ1n) is 15.1. The Hall–Kier alpha value is -1.90. The van der Waals surface area contributed by atoms with Gasteiger partial charge in [0.15, 0.2) is 0 Å². The summed E-state index contributed by atoms with van der Waals surface area (Å²) in [5.41, 5.74) is 6.73. The molecule has 0 radical (unpaired) electrons. The second-order valence-corrected chi connectivity index (χ2v) is 14.5. The van der Waals surface area contributed by atoms with Gasteiger partial charge in [0.1, 0.15) is 11.5 Å². The zero-order chi connectivity index (χ0) is 28.2. The number of nitrogens with one attached hydrogen (secondary N) is 1. The van der Waals surface area contributed by atoms with Crippen molar-refractivity contribution in [3.63, 3.8) is 0 Å². The van der Waals surface area contributed by atoms with Crippen LogP contribution in [0.15, 0.2) is 48.7 Å². The quantitative estimate of drug-likeness (QED) is 0.189. The molecule has 0 saturated heterocycles. The first kappa shape index (κ1) is 32.0. The average molecular weight is 617 g/mol. The zero-order valence-corrected chi connectivity index (χ0v) is 27.6. The second-order valence-electron chi connectivity index (χ2n) is 12.0. The van der Waals surface area contributed by atoms with Crippen molar-refractivity contribution >= 4 is 18.5 Å². The molecular formula is C35H49FeN2O2P. The molecule has 2 fully saturated rings. The predicted molar refractivity (Wildman–Crippen MR) is 171 cm³/mol. The van der Waals surface area contributed by atoms with Gasteiger partial charge in [-0.15, -0.1) is 0 Å². The molecule has 2 saturated carbocycles. The van der Waals surface area contributed by atoms with Crippen molar-refractivity contribution in [3.05, 3.63) is 76.6 Å². The number of methoxy groups -OCH3 is 2. The molecule has 6 heteroatoms. The van der Waals surface area contributed by atoms with Gasteiger partial charge < -0.3 is 14.8 Å². The zero-order valence-electron chi connectivity index (χ0n) is 25.6. The van der Waals surface area contributed by atoms with Gasteiger partial charge in [0.2, 0.25) is 0 Å². The van der Waals surface area contributed by atoms with Crippen molar-refractivity contribution in [2.75, 3.05) is 14.2 Å². The first-order valence-corrected chi connectivity index (χ1v) is 16.5. The molecule has 1 heterocycles. The van der Waals surface area contributed by atoms with Crippen LogP contribution in [0.25, 0.3) is 0 Å². The number of aromatic nitrogens is 1. The van der Waals surface area contributed by atoms with E-state index < -0.39 is 7.92 Å². The topological polar surface area (TPSA) is 43.4 Å². The van der Waals surface area contributed by atoms with Gasteiger partial charge >= 0.3 is 0 Å². The van der Waals surface area contributed by atoms with E-state index in [2.05, 4.69) is 74.4 Å². The number of pyridine rings is 1. The summed E-state index contributed by atoms with van der Waals surface area (Å²) in [5.74, 6) is 3.45. The van der Waals surface area contributed by atoms with Crippen LogP contribution in [-0.4, -0.2) is 30.9 Å². The molecule has 3 aromatic rings. The summed E-state index contributed by atoms with van der Waals surface area (Å²) in [6, 6.07) is 16.5. The molecule has 0 amide bonds. The van der Waals surface area contributed by atoms with Crippen LogP contribution in [-0.2, 0) is 23.6 Å². The Morgan fingerprint density at radius 3 is 1.88 bits per heavy atom. The van der Waals surface area contributed by atoms with Crippen LogP contribution in [0.2, 0.25) is 0 Å². The number of benzene rings is 2. The molecule has 0 bridgehead atoms. The average Bonchev–Trinajstić information content (AvgIpc) is 3.63. The maximum atomic E-state index is 5.79. The number of nitrogens with zero attached hydrogens (tertiary/aromatic N) is 1. The van der Waals surface area contributed by atoms with E-state index in [4.69, 9.17) is 9.47 Å². The van der Waals surface area contributed by atoms with Crippen molar-refractivity contribution in [2.24, 2.45) is 11.8 Å². The fraction of sp³-hybridized carbons (Fsp3) is 0.514. The van der Waals surface area contributed by atoms with Gasteiger partial charge in [0, 0.05) is 37.3 Å². The molecule has 2 aromatic carbocycles. The van der Waals surface area contributed by atoms with Crippen molar-refractivity contribution in [1.82, 2.24) is 10.3 Å². The van der Waals surface area contributed by atoms with Gasteiger partial charge in [-0.2, -0.15) is 0 Å². The van der Waals surface area contributed by atoms with E-state index in [0.717, 1.165) is 29.7 Å². The Kier molecular flexibility index (Phi) is 11.3. The fourth-order valence-electron chi connectivity index (χ4n) is 7.73. The number of hydrogen-bond donors (Lipinski definition) is 1. The Balaban J connectivity index is 0.00000242. The predicted octanol–water partition coefficient (Wildman–Crippen LogP) is 7.53. The molecular weight excluding hydrogens is 567 g/mol. The molecule has 0 spiro atoms. The smallest absolute Gasteiger partial charge is 0.124 e. The summed E-state index contributed by atoms with van der Waals surface area (Å²) >= 11 is 0. The van der Waals surface area contributed by atoms with E-state index in [1.165, 1.54) is 77.8 Å². The van der Waals surface area contributed by atoms with Crippen LogP contribution in [0, 0.1) is 39.5 Å². The van der Waals surface area contributed by atoms with Crippen LogP contribution in [0.5, 0.6) is 11.5 Å². The van der Waals surface area contributed by atoms with Crippen molar-refractivity contribution in [1.29, 1.82) is 0 Å². The van der Waals surface area contributed by atoms with Gasteiger partial charge in [-0.05, 0) is 148 Å². The summed E-state index contributed by atoms with van der Waals surface area (Å²) < 4.78 is 11.6. The number of hydrogen-bond acceptors (Lipinski definition) is 4. The van der Waals surface area contributed by atoms with Crippen LogP contribution >= 0.6 is 7.92 Å². The van der Waals surface area contributed by atoms with Gasteiger partial charge in [0.05, 0.1) is 19.9 Å². The molecule has 3 atom stereocenters. The Morgan fingerprint density at radius 2 is 1.39 bits per heavy atom. The summed E-state index contributed by atoms with van der Waals surface area (Å²) in [7, 11) is 3.01. The number of rotatable bonds is 10. The largest absolute Gasteiger partial charge is 0.496 e. The minimum absolute atomic E-state index is 0. The molecule has 1 aromatic heterocycles. The Morgan fingerprint density at radius 1 is 0.829 bits per heavy atom. The number of aryl methyl sites for hydroxylation is 4. The molecule has 1 N–H and O–H groups in total. The first-order chi connectivity index (χ1) is 19.4. The minimum atomic E-state index is -0.569. The summed E-state index contributed by atoms with van der Waals surface area (Å²) in [6.45, 7) is 9.67. The third-order valence-corrected chi connectivity index (χ3v) is 12.3.